The first-order valence-corrected chi connectivity index (χ1v) is 6.86. The second-order valence-electron chi connectivity index (χ2n) is 5.16. The van der Waals surface area contributed by atoms with Crippen LogP contribution in [0.1, 0.15) is 45.4 Å². The lowest BCUT2D eigenvalue weighted by atomic mass is 9.96. The van der Waals surface area contributed by atoms with Crippen molar-refractivity contribution in [3.8, 4) is 0 Å². The average molecular weight is 261 g/mol. The van der Waals surface area contributed by atoms with E-state index in [1.165, 1.54) is 6.42 Å². The molecule has 0 N–H and O–H groups in total. The van der Waals surface area contributed by atoms with Crippen LogP contribution >= 0.6 is 0 Å². The molecule has 0 spiro atoms. The highest BCUT2D eigenvalue weighted by Crippen LogP contribution is 2.18. The highest BCUT2D eigenvalue weighted by atomic mass is 16.7. The van der Waals surface area contributed by atoms with E-state index in [4.69, 9.17) is 4.84 Å². The lowest BCUT2D eigenvalue weighted by Gasteiger charge is -2.12. The predicted octanol–water partition coefficient (Wildman–Crippen LogP) is 2.94. The maximum Gasteiger partial charge on any atom is 0.405 e. The topological polar surface area (TPSA) is 55.7 Å². The molecule has 0 bridgehead atoms. The van der Waals surface area contributed by atoms with E-state index < -0.39 is 11.8 Å². The fraction of sp³-hybridized carbons (Fsp3) is 0.533. The lowest BCUT2D eigenvalue weighted by Crippen LogP contribution is -2.19. The van der Waals surface area contributed by atoms with Crippen LogP contribution < -0.4 is 0 Å². The minimum absolute atomic E-state index is 0.279. The Kier molecular flexibility index (Phi) is 4.66. The number of allylic oxidation sites excluding steroid dienone is 3. The van der Waals surface area contributed by atoms with Crippen LogP contribution in [0.4, 0.5) is 0 Å². The van der Waals surface area contributed by atoms with Crippen molar-refractivity contribution in [3.63, 3.8) is 0 Å². The molecule has 1 atom stereocenters. The van der Waals surface area contributed by atoms with Gasteiger partial charge in [0, 0.05) is 5.57 Å². The quantitative estimate of drug-likeness (QED) is 0.446. The van der Waals surface area contributed by atoms with Crippen LogP contribution in [0.3, 0.4) is 0 Å². The summed E-state index contributed by atoms with van der Waals surface area (Å²) in [6.07, 6.45) is 11.4. The van der Waals surface area contributed by atoms with Crippen molar-refractivity contribution < 1.29 is 14.4 Å². The van der Waals surface area contributed by atoms with Gasteiger partial charge in [-0.05, 0) is 38.0 Å². The fourth-order valence-electron chi connectivity index (χ4n) is 2.31. The molecular weight excluding hydrogens is 242 g/mol. The molecule has 2 rings (SSSR count). The van der Waals surface area contributed by atoms with Crippen molar-refractivity contribution in [2.45, 2.75) is 45.4 Å². The molecular formula is C15H19NO3. The molecule has 1 saturated carbocycles. The maximum atomic E-state index is 11.9. The number of carbonyl (C=O) groups excluding carboxylic acids is 2. The summed E-state index contributed by atoms with van der Waals surface area (Å²) >= 11 is 0. The van der Waals surface area contributed by atoms with Gasteiger partial charge in [-0.25, -0.2) is 4.79 Å². The number of Topliss-reactive ketones (excluding diaryl/α,β-unsaturated/α-hetero) is 1. The zero-order chi connectivity index (χ0) is 13.7. The summed E-state index contributed by atoms with van der Waals surface area (Å²) in [5.41, 5.74) is 1.29. The summed E-state index contributed by atoms with van der Waals surface area (Å²) in [7, 11) is 0. The third kappa shape index (κ3) is 3.88. The number of carbonyl (C=O) groups is 2. The largest absolute Gasteiger partial charge is 0.405 e. The van der Waals surface area contributed by atoms with Gasteiger partial charge in [-0.2, -0.15) is 0 Å². The summed E-state index contributed by atoms with van der Waals surface area (Å²) in [4.78, 5) is 28.2. The predicted molar refractivity (Wildman–Crippen MR) is 72.6 cm³/mol. The Morgan fingerprint density at radius 2 is 2.00 bits per heavy atom. The van der Waals surface area contributed by atoms with Crippen LogP contribution in [-0.2, 0) is 14.4 Å². The van der Waals surface area contributed by atoms with Gasteiger partial charge in [-0.15, -0.1) is 0 Å². The van der Waals surface area contributed by atoms with Crippen LogP contribution in [0.25, 0.3) is 0 Å². The van der Waals surface area contributed by atoms with Gasteiger partial charge in [0.25, 0.3) is 5.78 Å². The van der Waals surface area contributed by atoms with Gasteiger partial charge < -0.3 is 4.84 Å². The SMILES string of the molecule is CC1C=C(C(=O)C(=O)ON=C2CCCCC2)C=CC1. The molecule has 2 aliphatic rings. The Balaban J connectivity index is 1.92. The molecule has 1 fully saturated rings. The van der Waals surface area contributed by atoms with Crippen LogP contribution in [0.5, 0.6) is 0 Å². The van der Waals surface area contributed by atoms with E-state index in [0.29, 0.717) is 5.57 Å². The second-order valence-corrected chi connectivity index (χ2v) is 5.16. The van der Waals surface area contributed by atoms with Gasteiger partial charge in [0.2, 0.25) is 0 Å². The van der Waals surface area contributed by atoms with Gasteiger partial charge in [0.05, 0.1) is 5.71 Å². The smallest absolute Gasteiger partial charge is 0.309 e. The van der Waals surface area contributed by atoms with Gasteiger partial charge in [0.15, 0.2) is 0 Å². The maximum absolute atomic E-state index is 11.9. The second kappa shape index (κ2) is 6.45. The lowest BCUT2D eigenvalue weighted by molar-refractivity contribution is -0.152. The third-order valence-corrected chi connectivity index (χ3v) is 3.41. The summed E-state index contributed by atoms with van der Waals surface area (Å²) in [5, 5.41) is 3.81. The normalized spacial score (nSPS) is 22.7. The zero-order valence-electron chi connectivity index (χ0n) is 11.2. The Morgan fingerprint density at radius 3 is 2.68 bits per heavy atom. The van der Waals surface area contributed by atoms with Crippen LogP contribution in [-0.4, -0.2) is 17.5 Å². The number of ketones is 1. The molecule has 0 heterocycles. The molecule has 1 unspecified atom stereocenters. The van der Waals surface area contributed by atoms with Gasteiger partial charge in [-0.3, -0.25) is 4.79 Å². The van der Waals surface area contributed by atoms with Crippen LogP contribution in [0.2, 0.25) is 0 Å². The molecule has 0 radical (unpaired) electrons. The fourth-order valence-corrected chi connectivity index (χ4v) is 2.31. The molecule has 0 aromatic heterocycles. The molecule has 4 nitrogen and oxygen atoms in total. The number of rotatable bonds is 3. The molecule has 19 heavy (non-hydrogen) atoms. The first-order valence-electron chi connectivity index (χ1n) is 6.86. The van der Waals surface area contributed by atoms with Crippen molar-refractivity contribution in [1.82, 2.24) is 0 Å². The van der Waals surface area contributed by atoms with Crippen molar-refractivity contribution >= 4 is 17.5 Å². The van der Waals surface area contributed by atoms with Gasteiger partial charge in [-0.1, -0.05) is 36.7 Å². The standard InChI is InChI=1S/C15H19NO3/c1-11-6-5-7-12(10-11)14(17)15(18)19-16-13-8-3-2-4-9-13/h5,7,10-11H,2-4,6,8-9H2,1H3. The monoisotopic (exact) mass is 261 g/mol. The Labute approximate surface area is 113 Å². The van der Waals surface area contributed by atoms with E-state index in [1.54, 1.807) is 12.2 Å². The summed E-state index contributed by atoms with van der Waals surface area (Å²) in [5.74, 6) is -1.22. The minimum Gasteiger partial charge on any atom is -0.309 e. The first kappa shape index (κ1) is 13.7. The summed E-state index contributed by atoms with van der Waals surface area (Å²) < 4.78 is 0. The number of nitrogens with zero attached hydrogens (tertiary/aromatic N) is 1. The van der Waals surface area contributed by atoms with E-state index in [2.05, 4.69) is 5.16 Å². The van der Waals surface area contributed by atoms with Crippen molar-refractivity contribution in [3.05, 3.63) is 23.8 Å². The Bertz CT molecular complexity index is 452. The molecule has 0 aromatic rings. The first-order chi connectivity index (χ1) is 9.16. The van der Waals surface area contributed by atoms with Crippen molar-refractivity contribution in [2.24, 2.45) is 11.1 Å². The van der Waals surface area contributed by atoms with E-state index in [-0.39, 0.29) is 5.92 Å². The Hall–Kier alpha value is -1.71. The molecule has 0 aliphatic heterocycles. The number of oxime groups is 1. The summed E-state index contributed by atoms with van der Waals surface area (Å²) in [6.45, 7) is 2.00. The molecule has 0 saturated heterocycles. The van der Waals surface area contributed by atoms with E-state index >= 15 is 0 Å². The average Bonchev–Trinajstić information content (AvgIpc) is 2.45. The highest BCUT2D eigenvalue weighted by Gasteiger charge is 2.21. The van der Waals surface area contributed by atoms with E-state index in [1.807, 2.05) is 13.0 Å². The van der Waals surface area contributed by atoms with Crippen LogP contribution in [0, 0.1) is 5.92 Å². The third-order valence-electron chi connectivity index (χ3n) is 3.41. The van der Waals surface area contributed by atoms with Crippen molar-refractivity contribution in [2.75, 3.05) is 0 Å². The van der Waals surface area contributed by atoms with Gasteiger partial charge >= 0.3 is 5.97 Å². The van der Waals surface area contributed by atoms with E-state index in [9.17, 15) is 9.59 Å². The van der Waals surface area contributed by atoms with Crippen molar-refractivity contribution in [1.29, 1.82) is 0 Å². The van der Waals surface area contributed by atoms with Crippen LogP contribution in [0.15, 0.2) is 29.0 Å². The zero-order valence-corrected chi connectivity index (χ0v) is 11.2. The molecule has 0 aromatic carbocycles. The highest BCUT2D eigenvalue weighted by molar-refractivity contribution is 6.41. The van der Waals surface area contributed by atoms with Gasteiger partial charge in [0.1, 0.15) is 0 Å². The molecule has 2 aliphatic carbocycles. The molecule has 102 valence electrons. The number of hydrogen-bond donors (Lipinski definition) is 0. The number of hydrogen-bond acceptors (Lipinski definition) is 4. The molecule has 4 heteroatoms. The Morgan fingerprint density at radius 1 is 1.26 bits per heavy atom. The van der Waals surface area contributed by atoms with E-state index in [0.717, 1.165) is 37.8 Å². The molecule has 0 amide bonds. The minimum atomic E-state index is -0.886. The summed E-state index contributed by atoms with van der Waals surface area (Å²) in [6, 6.07) is 0.